The summed E-state index contributed by atoms with van der Waals surface area (Å²) in [4.78, 5) is 14.6. The Kier molecular flexibility index (Phi) is 7.08. The Morgan fingerprint density at radius 2 is 1.88 bits per heavy atom. The lowest BCUT2D eigenvalue weighted by Gasteiger charge is -2.17. The maximum Gasteiger partial charge on any atom is 0.241 e. The number of sulfonamides is 1. The molecule has 0 atom stereocenters. The van der Waals surface area contributed by atoms with Crippen molar-refractivity contribution < 1.29 is 17.9 Å². The molecule has 1 aromatic carbocycles. The van der Waals surface area contributed by atoms with Crippen molar-refractivity contribution in [1.82, 2.24) is 4.90 Å². The number of rotatable bonds is 8. The Morgan fingerprint density at radius 3 is 2.42 bits per heavy atom. The highest BCUT2D eigenvalue weighted by Gasteiger charge is 2.20. The van der Waals surface area contributed by atoms with Gasteiger partial charge in [-0.2, -0.15) is 0 Å². The Labute approximate surface area is 166 Å². The summed E-state index contributed by atoms with van der Waals surface area (Å²) < 4.78 is 33.4. The van der Waals surface area contributed by atoms with Gasteiger partial charge >= 0.3 is 0 Å². The van der Waals surface area contributed by atoms with Crippen molar-refractivity contribution >= 4 is 48.9 Å². The molecule has 0 spiro atoms. The van der Waals surface area contributed by atoms with E-state index in [9.17, 15) is 13.2 Å². The molecule has 1 heterocycles. The normalized spacial score (nSPS) is 11.4. The van der Waals surface area contributed by atoms with Gasteiger partial charge in [-0.15, -0.1) is 11.3 Å². The van der Waals surface area contributed by atoms with E-state index >= 15 is 0 Å². The van der Waals surface area contributed by atoms with E-state index in [1.165, 1.54) is 16.2 Å². The maximum atomic E-state index is 12.2. The van der Waals surface area contributed by atoms with Gasteiger partial charge in [0.05, 0.1) is 16.4 Å². The van der Waals surface area contributed by atoms with Crippen LogP contribution in [0.15, 0.2) is 40.2 Å². The van der Waals surface area contributed by atoms with Crippen LogP contribution in [0.4, 0.5) is 5.69 Å². The van der Waals surface area contributed by atoms with Crippen molar-refractivity contribution in [3.05, 3.63) is 45.1 Å². The number of amides is 1. The zero-order valence-electron chi connectivity index (χ0n) is 14.7. The van der Waals surface area contributed by atoms with E-state index < -0.39 is 21.7 Å². The molecule has 0 saturated heterocycles. The van der Waals surface area contributed by atoms with Crippen LogP contribution < -0.4 is 9.46 Å². The zero-order chi connectivity index (χ0) is 19.3. The Balaban J connectivity index is 1.93. The molecule has 6 nitrogen and oxygen atoms in total. The third-order valence-electron chi connectivity index (χ3n) is 3.26. The molecule has 1 amide bonds. The van der Waals surface area contributed by atoms with Crippen LogP contribution in [0, 0.1) is 0 Å². The standard InChI is InChI=1S/C17H21BrN2O4S2/c1-12(2)24-14-6-4-13(5-7-14)19-26(22,23)11-17(21)20(3)10-15-8-9-16(18)25-15/h4-9,12,19H,10-11H2,1-3H3. The number of hydrogen-bond acceptors (Lipinski definition) is 5. The molecule has 0 bridgehead atoms. The predicted octanol–water partition coefficient (Wildman–Crippen LogP) is 3.70. The zero-order valence-corrected chi connectivity index (χ0v) is 17.9. The molecule has 0 radical (unpaired) electrons. The van der Waals surface area contributed by atoms with Gasteiger partial charge in [0.1, 0.15) is 11.5 Å². The average molecular weight is 461 g/mol. The third-order valence-corrected chi connectivity index (χ3v) is 6.04. The summed E-state index contributed by atoms with van der Waals surface area (Å²) in [5.74, 6) is -0.428. The molecule has 2 rings (SSSR count). The summed E-state index contributed by atoms with van der Waals surface area (Å²) in [6.45, 7) is 4.19. The number of nitrogens with one attached hydrogen (secondary N) is 1. The van der Waals surface area contributed by atoms with Crippen molar-refractivity contribution in [1.29, 1.82) is 0 Å². The van der Waals surface area contributed by atoms with Crippen LogP contribution in [0.1, 0.15) is 18.7 Å². The summed E-state index contributed by atoms with van der Waals surface area (Å²) in [7, 11) is -2.20. The molecule has 0 fully saturated rings. The molecule has 9 heteroatoms. The van der Waals surface area contributed by atoms with Gasteiger partial charge in [-0.3, -0.25) is 9.52 Å². The number of carbonyl (C=O) groups excluding carboxylic acids is 1. The van der Waals surface area contributed by atoms with Crippen LogP contribution in [-0.4, -0.2) is 38.1 Å². The SMILES string of the molecule is CC(C)Oc1ccc(NS(=O)(=O)CC(=O)N(C)Cc2ccc(Br)s2)cc1. The predicted molar refractivity (Wildman–Crippen MR) is 108 cm³/mol. The largest absolute Gasteiger partial charge is 0.491 e. The van der Waals surface area contributed by atoms with Crippen LogP contribution in [0.2, 0.25) is 0 Å². The van der Waals surface area contributed by atoms with E-state index in [1.807, 2.05) is 26.0 Å². The van der Waals surface area contributed by atoms with Crippen LogP contribution in [0.25, 0.3) is 0 Å². The first kappa shape index (κ1) is 20.7. The quantitative estimate of drug-likeness (QED) is 0.651. The van der Waals surface area contributed by atoms with Crippen LogP contribution in [-0.2, 0) is 21.4 Å². The minimum absolute atomic E-state index is 0.0367. The lowest BCUT2D eigenvalue weighted by molar-refractivity contribution is -0.127. The fourth-order valence-electron chi connectivity index (χ4n) is 2.12. The number of thiophene rings is 1. The molecule has 2 aromatic rings. The second-order valence-electron chi connectivity index (χ2n) is 6.01. The highest BCUT2D eigenvalue weighted by molar-refractivity contribution is 9.11. The highest BCUT2D eigenvalue weighted by Crippen LogP contribution is 2.23. The lowest BCUT2D eigenvalue weighted by atomic mass is 10.3. The molecule has 0 saturated carbocycles. The van der Waals surface area contributed by atoms with Gasteiger partial charge < -0.3 is 9.64 Å². The van der Waals surface area contributed by atoms with Crippen molar-refractivity contribution in [2.75, 3.05) is 17.5 Å². The fourth-order valence-corrected chi connectivity index (χ4v) is 4.77. The smallest absolute Gasteiger partial charge is 0.241 e. The van der Waals surface area contributed by atoms with Gasteiger partial charge in [0.25, 0.3) is 0 Å². The van der Waals surface area contributed by atoms with E-state index in [0.717, 1.165) is 8.66 Å². The second-order valence-corrected chi connectivity index (χ2v) is 10.3. The summed E-state index contributed by atoms with van der Waals surface area (Å²) in [6.07, 6.45) is 0.0367. The van der Waals surface area contributed by atoms with Gasteiger partial charge in [-0.1, -0.05) is 0 Å². The van der Waals surface area contributed by atoms with Gasteiger partial charge in [0.2, 0.25) is 15.9 Å². The van der Waals surface area contributed by atoms with E-state index in [0.29, 0.717) is 18.0 Å². The molecule has 26 heavy (non-hydrogen) atoms. The molecule has 0 aliphatic carbocycles. The Bertz CT molecular complexity index is 848. The number of hydrogen-bond donors (Lipinski definition) is 1. The molecule has 1 N–H and O–H groups in total. The molecule has 1 aromatic heterocycles. The van der Waals surface area contributed by atoms with Gasteiger partial charge in [-0.05, 0) is 66.2 Å². The van der Waals surface area contributed by atoms with E-state index in [-0.39, 0.29) is 6.10 Å². The van der Waals surface area contributed by atoms with Crippen LogP contribution in [0.5, 0.6) is 5.75 Å². The number of ether oxygens (including phenoxy) is 1. The van der Waals surface area contributed by atoms with Crippen molar-refractivity contribution in [3.63, 3.8) is 0 Å². The number of benzene rings is 1. The van der Waals surface area contributed by atoms with Crippen molar-refractivity contribution in [3.8, 4) is 5.75 Å². The Hall–Kier alpha value is -1.58. The number of anilines is 1. The first-order valence-electron chi connectivity index (χ1n) is 7.90. The van der Waals surface area contributed by atoms with E-state index in [1.54, 1.807) is 31.3 Å². The molecular formula is C17H21BrN2O4S2. The first-order chi connectivity index (χ1) is 12.1. The van der Waals surface area contributed by atoms with Gasteiger partial charge in [0, 0.05) is 17.6 Å². The summed E-state index contributed by atoms with van der Waals surface area (Å²) in [5, 5.41) is 0. The molecule has 142 valence electrons. The van der Waals surface area contributed by atoms with Gasteiger partial charge in [-0.25, -0.2) is 8.42 Å². The lowest BCUT2D eigenvalue weighted by Crippen LogP contribution is -2.34. The van der Waals surface area contributed by atoms with Gasteiger partial charge in [0.15, 0.2) is 0 Å². The fraction of sp³-hybridized carbons (Fsp3) is 0.353. The monoisotopic (exact) mass is 460 g/mol. The number of nitrogens with zero attached hydrogens (tertiary/aromatic N) is 1. The van der Waals surface area contributed by atoms with E-state index in [2.05, 4.69) is 20.7 Å². The first-order valence-corrected chi connectivity index (χ1v) is 11.2. The third kappa shape index (κ3) is 6.62. The number of carbonyl (C=O) groups is 1. The van der Waals surface area contributed by atoms with Crippen molar-refractivity contribution in [2.24, 2.45) is 0 Å². The number of halogens is 1. The summed E-state index contributed by atoms with van der Waals surface area (Å²) in [6, 6.07) is 10.4. The van der Waals surface area contributed by atoms with Crippen molar-refractivity contribution in [2.45, 2.75) is 26.5 Å². The summed E-state index contributed by atoms with van der Waals surface area (Å²) in [5.41, 5.74) is 0.388. The molecule has 0 unspecified atom stereocenters. The maximum absolute atomic E-state index is 12.2. The topological polar surface area (TPSA) is 75.7 Å². The van der Waals surface area contributed by atoms with Crippen LogP contribution in [0.3, 0.4) is 0 Å². The molecule has 0 aliphatic heterocycles. The molecular weight excluding hydrogens is 440 g/mol. The average Bonchev–Trinajstić information content (AvgIpc) is 2.93. The van der Waals surface area contributed by atoms with Crippen LogP contribution >= 0.6 is 27.3 Å². The minimum Gasteiger partial charge on any atom is -0.491 e. The highest BCUT2D eigenvalue weighted by atomic mass is 79.9. The minimum atomic E-state index is -3.79. The van der Waals surface area contributed by atoms with E-state index in [4.69, 9.17) is 4.74 Å². The second kappa shape index (κ2) is 8.88. The molecule has 0 aliphatic rings. The summed E-state index contributed by atoms with van der Waals surface area (Å²) >= 11 is 4.87. The Morgan fingerprint density at radius 1 is 1.23 bits per heavy atom.